The molecule has 0 aliphatic carbocycles. The first kappa shape index (κ1) is 14.5. The fraction of sp³-hybridized carbons (Fsp3) is 0.800. The highest BCUT2D eigenvalue weighted by molar-refractivity contribution is 5.83. The number of hydrogen-bond acceptors (Lipinski definition) is 3. The summed E-state index contributed by atoms with van der Waals surface area (Å²) < 4.78 is 0. The molecule has 0 aliphatic heterocycles. The highest BCUT2D eigenvalue weighted by atomic mass is 16.4. The zero-order valence-corrected chi connectivity index (χ0v) is 10.4. The van der Waals surface area contributed by atoms with Crippen LogP contribution in [0.15, 0.2) is 5.16 Å². The Kier molecular flexibility index (Phi) is 6.29. The Morgan fingerprint density at radius 1 is 1.50 bits per heavy atom. The second kappa shape index (κ2) is 6.92. The summed E-state index contributed by atoms with van der Waals surface area (Å²) in [6, 6.07) is -0.0317. The van der Waals surface area contributed by atoms with Crippen molar-refractivity contribution in [2.24, 2.45) is 16.8 Å². The van der Waals surface area contributed by atoms with E-state index in [0.717, 1.165) is 0 Å². The van der Waals surface area contributed by atoms with E-state index < -0.39 is 0 Å². The van der Waals surface area contributed by atoms with Gasteiger partial charge in [0.2, 0.25) is 0 Å². The zero-order chi connectivity index (χ0) is 12.7. The summed E-state index contributed by atoms with van der Waals surface area (Å²) in [6.07, 6.45) is 0. The zero-order valence-electron chi connectivity index (χ0n) is 10.4. The van der Waals surface area contributed by atoms with Crippen LogP contribution in [0.4, 0.5) is 4.79 Å². The van der Waals surface area contributed by atoms with Gasteiger partial charge in [-0.1, -0.05) is 12.1 Å². The SMILES string of the molecule is CCN(CC(C)C(N)=NO)C(=O)NC(C)C. The van der Waals surface area contributed by atoms with Crippen molar-refractivity contribution < 1.29 is 10.0 Å². The van der Waals surface area contributed by atoms with Gasteiger partial charge in [-0.3, -0.25) is 0 Å². The lowest BCUT2D eigenvalue weighted by molar-refractivity contribution is 0.194. The number of carbonyl (C=O) groups excluding carboxylic acids is 1. The Hall–Kier alpha value is -1.46. The third-order valence-electron chi connectivity index (χ3n) is 2.20. The molecule has 6 heteroatoms. The molecular formula is C10H22N4O2. The van der Waals surface area contributed by atoms with E-state index in [1.807, 2.05) is 20.8 Å². The van der Waals surface area contributed by atoms with Gasteiger partial charge in [0.1, 0.15) is 5.84 Å². The number of nitrogens with one attached hydrogen (secondary N) is 1. The van der Waals surface area contributed by atoms with E-state index in [1.165, 1.54) is 0 Å². The molecule has 0 spiro atoms. The van der Waals surface area contributed by atoms with Crippen molar-refractivity contribution in [2.45, 2.75) is 33.7 Å². The van der Waals surface area contributed by atoms with Crippen LogP contribution in [-0.4, -0.2) is 41.1 Å². The maximum atomic E-state index is 11.7. The number of oxime groups is 1. The smallest absolute Gasteiger partial charge is 0.317 e. The molecule has 0 bridgehead atoms. The Balaban J connectivity index is 4.35. The molecule has 16 heavy (non-hydrogen) atoms. The van der Waals surface area contributed by atoms with E-state index in [1.54, 1.807) is 11.8 Å². The van der Waals surface area contributed by atoms with Gasteiger partial charge in [0.25, 0.3) is 0 Å². The summed E-state index contributed by atoms with van der Waals surface area (Å²) in [5, 5.41) is 14.3. The summed E-state index contributed by atoms with van der Waals surface area (Å²) in [5.41, 5.74) is 5.46. The van der Waals surface area contributed by atoms with Gasteiger partial charge in [-0.25, -0.2) is 4.79 Å². The summed E-state index contributed by atoms with van der Waals surface area (Å²) in [5.74, 6) is -0.0290. The van der Waals surface area contributed by atoms with E-state index in [9.17, 15) is 4.79 Å². The molecule has 2 amide bonds. The maximum absolute atomic E-state index is 11.7. The minimum atomic E-state index is -0.164. The Morgan fingerprint density at radius 2 is 2.06 bits per heavy atom. The lowest BCUT2D eigenvalue weighted by atomic mass is 10.1. The fourth-order valence-corrected chi connectivity index (χ4v) is 1.22. The van der Waals surface area contributed by atoms with Crippen molar-refractivity contribution in [1.29, 1.82) is 0 Å². The number of amides is 2. The second-order valence-electron chi connectivity index (χ2n) is 4.07. The van der Waals surface area contributed by atoms with Crippen LogP contribution in [0.3, 0.4) is 0 Å². The number of hydrogen-bond donors (Lipinski definition) is 3. The Labute approximate surface area is 96.5 Å². The lowest BCUT2D eigenvalue weighted by Crippen LogP contribution is -2.46. The minimum absolute atomic E-state index is 0.0979. The van der Waals surface area contributed by atoms with E-state index in [4.69, 9.17) is 10.9 Å². The van der Waals surface area contributed by atoms with Crippen LogP contribution >= 0.6 is 0 Å². The first-order valence-corrected chi connectivity index (χ1v) is 5.45. The number of amidine groups is 1. The fourth-order valence-electron chi connectivity index (χ4n) is 1.22. The van der Waals surface area contributed by atoms with Gasteiger partial charge in [-0.05, 0) is 20.8 Å². The van der Waals surface area contributed by atoms with Crippen LogP contribution in [0.1, 0.15) is 27.7 Å². The second-order valence-corrected chi connectivity index (χ2v) is 4.07. The molecule has 4 N–H and O–H groups in total. The minimum Gasteiger partial charge on any atom is -0.409 e. The van der Waals surface area contributed by atoms with Crippen molar-refractivity contribution in [3.63, 3.8) is 0 Å². The van der Waals surface area contributed by atoms with E-state index in [0.29, 0.717) is 13.1 Å². The molecule has 0 heterocycles. The Bertz CT molecular complexity index is 253. The topological polar surface area (TPSA) is 90.9 Å². The molecule has 0 radical (unpaired) electrons. The summed E-state index contributed by atoms with van der Waals surface area (Å²) in [7, 11) is 0. The van der Waals surface area contributed by atoms with Crippen molar-refractivity contribution in [3.05, 3.63) is 0 Å². The molecular weight excluding hydrogens is 208 g/mol. The quantitative estimate of drug-likeness (QED) is 0.282. The first-order chi connectivity index (χ1) is 7.42. The summed E-state index contributed by atoms with van der Waals surface area (Å²) in [4.78, 5) is 13.3. The van der Waals surface area contributed by atoms with Crippen LogP contribution < -0.4 is 11.1 Å². The average Bonchev–Trinajstić information content (AvgIpc) is 2.23. The predicted octanol–water partition coefficient (Wildman–Crippen LogP) is 0.809. The van der Waals surface area contributed by atoms with Gasteiger partial charge in [0.15, 0.2) is 0 Å². The molecule has 0 rings (SSSR count). The molecule has 0 aromatic rings. The number of nitrogens with zero attached hydrogens (tertiary/aromatic N) is 2. The molecule has 1 atom stereocenters. The number of carbonyl (C=O) groups is 1. The normalized spacial score (nSPS) is 13.7. The first-order valence-electron chi connectivity index (χ1n) is 5.45. The number of nitrogens with two attached hydrogens (primary N) is 1. The molecule has 0 aromatic heterocycles. The van der Waals surface area contributed by atoms with Gasteiger partial charge in [-0.15, -0.1) is 0 Å². The van der Waals surface area contributed by atoms with Crippen molar-refractivity contribution >= 4 is 11.9 Å². The molecule has 0 aliphatic rings. The predicted molar refractivity (Wildman–Crippen MR) is 63.5 cm³/mol. The molecule has 1 unspecified atom stereocenters. The molecule has 0 saturated carbocycles. The van der Waals surface area contributed by atoms with Gasteiger partial charge < -0.3 is 21.2 Å². The average molecular weight is 230 g/mol. The van der Waals surface area contributed by atoms with Crippen LogP contribution in [0.2, 0.25) is 0 Å². The van der Waals surface area contributed by atoms with Crippen LogP contribution in [-0.2, 0) is 0 Å². The monoisotopic (exact) mass is 230 g/mol. The number of rotatable bonds is 5. The lowest BCUT2D eigenvalue weighted by Gasteiger charge is -2.25. The van der Waals surface area contributed by atoms with Crippen LogP contribution in [0.5, 0.6) is 0 Å². The molecule has 0 fully saturated rings. The summed E-state index contributed by atoms with van der Waals surface area (Å²) >= 11 is 0. The van der Waals surface area contributed by atoms with E-state index in [2.05, 4.69) is 10.5 Å². The Morgan fingerprint density at radius 3 is 2.44 bits per heavy atom. The third-order valence-corrected chi connectivity index (χ3v) is 2.20. The van der Waals surface area contributed by atoms with Crippen LogP contribution in [0.25, 0.3) is 0 Å². The van der Waals surface area contributed by atoms with Crippen molar-refractivity contribution in [1.82, 2.24) is 10.2 Å². The van der Waals surface area contributed by atoms with Crippen molar-refractivity contribution in [2.75, 3.05) is 13.1 Å². The molecule has 6 nitrogen and oxygen atoms in total. The van der Waals surface area contributed by atoms with Gasteiger partial charge in [0.05, 0.1) is 0 Å². The van der Waals surface area contributed by atoms with Gasteiger partial charge in [0, 0.05) is 25.0 Å². The third kappa shape index (κ3) is 4.86. The highest BCUT2D eigenvalue weighted by Crippen LogP contribution is 2.01. The highest BCUT2D eigenvalue weighted by Gasteiger charge is 2.17. The standard InChI is InChI=1S/C10H22N4O2/c1-5-14(10(15)12-7(2)3)6-8(4)9(11)13-16/h7-8,16H,5-6H2,1-4H3,(H2,11,13)(H,12,15). The maximum Gasteiger partial charge on any atom is 0.317 e. The molecule has 0 aromatic carbocycles. The molecule has 94 valence electrons. The molecule has 0 saturated heterocycles. The number of urea groups is 1. The van der Waals surface area contributed by atoms with E-state index in [-0.39, 0.29) is 23.8 Å². The van der Waals surface area contributed by atoms with Gasteiger partial charge in [-0.2, -0.15) is 0 Å². The summed E-state index contributed by atoms with van der Waals surface area (Å²) in [6.45, 7) is 8.52. The van der Waals surface area contributed by atoms with Crippen molar-refractivity contribution in [3.8, 4) is 0 Å². The largest absolute Gasteiger partial charge is 0.409 e. The van der Waals surface area contributed by atoms with Crippen LogP contribution in [0, 0.1) is 5.92 Å². The van der Waals surface area contributed by atoms with E-state index >= 15 is 0 Å². The van der Waals surface area contributed by atoms with Gasteiger partial charge >= 0.3 is 6.03 Å².